The Bertz CT molecular complexity index is 1600. The van der Waals surface area contributed by atoms with Gasteiger partial charge in [-0.1, -0.05) is 12.1 Å². The van der Waals surface area contributed by atoms with E-state index in [1.54, 1.807) is 98.1 Å². The number of esters is 1. The van der Waals surface area contributed by atoms with Crippen LogP contribution in [0.5, 0.6) is 23.0 Å². The van der Waals surface area contributed by atoms with Crippen molar-refractivity contribution in [2.24, 2.45) is 5.10 Å². The predicted molar refractivity (Wildman–Crippen MR) is 158 cm³/mol. The van der Waals surface area contributed by atoms with Crippen LogP contribution in [0.25, 0.3) is 0 Å². The number of rotatable bonds is 11. The van der Waals surface area contributed by atoms with Gasteiger partial charge < -0.3 is 24.3 Å². The average molecular weight is 568 g/mol. The van der Waals surface area contributed by atoms with Crippen molar-refractivity contribution in [1.82, 2.24) is 5.43 Å². The van der Waals surface area contributed by atoms with Gasteiger partial charge in [-0.15, -0.1) is 0 Å². The second-order valence-electron chi connectivity index (χ2n) is 8.72. The molecular formula is C32H29N3O7. The molecule has 10 heteroatoms. The van der Waals surface area contributed by atoms with Gasteiger partial charge in [0.2, 0.25) is 0 Å². The van der Waals surface area contributed by atoms with E-state index in [4.69, 9.17) is 18.9 Å². The van der Waals surface area contributed by atoms with E-state index in [9.17, 15) is 14.4 Å². The third-order valence-electron chi connectivity index (χ3n) is 5.89. The molecule has 214 valence electrons. The minimum Gasteiger partial charge on any atom is -0.497 e. The zero-order valence-corrected chi connectivity index (χ0v) is 23.2. The maximum atomic E-state index is 12.7. The topological polar surface area (TPSA) is 125 Å². The van der Waals surface area contributed by atoms with Gasteiger partial charge in [0, 0.05) is 16.8 Å². The van der Waals surface area contributed by atoms with Crippen LogP contribution in [0.1, 0.15) is 43.6 Å². The highest BCUT2D eigenvalue weighted by atomic mass is 16.6. The van der Waals surface area contributed by atoms with Crippen molar-refractivity contribution in [2.75, 3.05) is 26.1 Å². The Morgan fingerprint density at radius 2 is 1.45 bits per heavy atom. The van der Waals surface area contributed by atoms with Gasteiger partial charge in [0.1, 0.15) is 11.5 Å². The zero-order valence-electron chi connectivity index (χ0n) is 23.2. The van der Waals surface area contributed by atoms with Crippen molar-refractivity contribution in [3.63, 3.8) is 0 Å². The highest BCUT2D eigenvalue weighted by molar-refractivity contribution is 6.05. The van der Waals surface area contributed by atoms with Gasteiger partial charge in [-0.2, -0.15) is 5.10 Å². The summed E-state index contributed by atoms with van der Waals surface area (Å²) in [5.41, 5.74) is 4.59. The van der Waals surface area contributed by atoms with Gasteiger partial charge >= 0.3 is 5.97 Å². The smallest absolute Gasteiger partial charge is 0.343 e. The number of methoxy groups -OCH3 is 2. The number of hydrogen-bond donors (Lipinski definition) is 2. The molecule has 4 aromatic carbocycles. The Kier molecular flexibility index (Phi) is 9.87. The maximum absolute atomic E-state index is 12.7. The third-order valence-corrected chi connectivity index (χ3v) is 5.89. The third kappa shape index (κ3) is 7.72. The lowest BCUT2D eigenvalue weighted by Crippen LogP contribution is -2.18. The van der Waals surface area contributed by atoms with Crippen LogP contribution < -0.4 is 29.7 Å². The SMILES string of the molecule is CCOc1cc(C=NNC(=O)c2cccc(NC(=O)c3cccc(OC)c3)c2)ccc1OC(=O)c1ccc(OC)cc1. The summed E-state index contributed by atoms with van der Waals surface area (Å²) in [5, 5.41) is 6.80. The quantitative estimate of drug-likeness (QED) is 0.109. The first-order chi connectivity index (χ1) is 20.4. The molecule has 0 saturated heterocycles. The molecule has 4 rings (SSSR count). The molecule has 0 aromatic heterocycles. The van der Waals surface area contributed by atoms with Crippen molar-refractivity contribution >= 4 is 29.7 Å². The van der Waals surface area contributed by atoms with E-state index in [-0.39, 0.29) is 11.7 Å². The molecule has 10 nitrogen and oxygen atoms in total. The molecule has 0 saturated carbocycles. The number of nitrogens with zero attached hydrogens (tertiary/aromatic N) is 1. The fourth-order valence-electron chi connectivity index (χ4n) is 3.78. The summed E-state index contributed by atoms with van der Waals surface area (Å²) in [6.07, 6.45) is 1.43. The van der Waals surface area contributed by atoms with Crippen LogP contribution in [-0.2, 0) is 0 Å². The van der Waals surface area contributed by atoms with Crippen LogP contribution in [0, 0.1) is 0 Å². The molecule has 0 aliphatic heterocycles. The normalized spacial score (nSPS) is 10.5. The molecule has 4 aromatic rings. The van der Waals surface area contributed by atoms with Crippen LogP contribution >= 0.6 is 0 Å². The van der Waals surface area contributed by atoms with E-state index in [0.717, 1.165) is 0 Å². The highest BCUT2D eigenvalue weighted by Gasteiger charge is 2.14. The van der Waals surface area contributed by atoms with Gasteiger partial charge in [0.15, 0.2) is 11.5 Å². The molecule has 0 aliphatic carbocycles. The molecule has 2 amide bonds. The van der Waals surface area contributed by atoms with E-state index in [1.165, 1.54) is 13.3 Å². The Balaban J connectivity index is 1.39. The van der Waals surface area contributed by atoms with Gasteiger partial charge in [0.25, 0.3) is 11.8 Å². The molecule has 0 unspecified atom stereocenters. The van der Waals surface area contributed by atoms with Crippen molar-refractivity contribution in [3.05, 3.63) is 113 Å². The predicted octanol–water partition coefficient (Wildman–Crippen LogP) is 5.34. The van der Waals surface area contributed by atoms with E-state index in [1.807, 2.05) is 6.92 Å². The lowest BCUT2D eigenvalue weighted by molar-refractivity contribution is 0.0728. The van der Waals surface area contributed by atoms with Crippen molar-refractivity contribution in [1.29, 1.82) is 0 Å². The first-order valence-electron chi connectivity index (χ1n) is 12.9. The Morgan fingerprint density at radius 1 is 0.738 bits per heavy atom. The molecule has 0 aliphatic rings. The van der Waals surface area contributed by atoms with Crippen molar-refractivity contribution in [2.45, 2.75) is 6.92 Å². The lowest BCUT2D eigenvalue weighted by atomic mass is 10.1. The summed E-state index contributed by atoms with van der Waals surface area (Å²) in [5.74, 6) is 0.411. The van der Waals surface area contributed by atoms with Crippen molar-refractivity contribution in [3.8, 4) is 23.0 Å². The molecule has 0 fully saturated rings. The second-order valence-corrected chi connectivity index (χ2v) is 8.72. The Morgan fingerprint density at radius 3 is 2.17 bits per heavy atom. The Hall–Kier alpha value is -5.64. The molecule has 0 spiro atoms. The number of ether oxygens (including phenoxy) is 4. The van der Waals surface area contributed by atoms with Gasteiger partial charge in [-0.25, -0.2) is 10.2 Å². The number of amides is 2. The molecule has 2 N–H and O–H groups in total. The number of nitrogens with one attached hydrogen (secondary N) is 2. The van der Waals surface area contributed by atoms with E-state index in [0.29, 0.717) is 51.8 Å². The summed E-state index contributed by atoms with van der Waals surface area (Å²) in [7, 11) is 3.07. The summed E-state index contributed by atoms with van der Waals surface area (Å²) < 4.78 is 21.5. The number of hydrogen-bond acceptors (Lipinski definition) is 8. The standard InChI is InChI=1S/C32H29N3O7/c1-4-41-29-17-21(11-16-28(29)42-32(38)22-12-14-26(39-2)15-13-22)20-33-35-31(37)23-7-5-9-25(18-23)34-30(36)24-8-6-10-27(19-24)40-3/h5-20H,4H2,1-3H3,(H,34,36)(H,35,37). The fraction of sp³-hybridized carbons (Fsp3) is 0.125. The number of benzene rings is 4. The van der Waals surface area contributed by atoms with Crippen LogP contribution in [0.15, 0.2) is 96.1 Å². The molecular weight excluding hydrogens is 538 g/mol. The maximum Gasteiger partial charge on any atom is 0.343 e. The summed E-state index contributed by atoms with van der Waals surface area (Å²) in [6, 6.07) is 24.7. The number of hydrazone groups is 1. The molecule has 0 heterocycles. The lowest BCUT2D eigenvalue weighted by Gasteiger charge is -2.11. The van der Waals surface area contributed by atoms with Crippen LogP contribution in [0.3, 0.4) is 0 Å². The molecule has 0 bridgehead atoms. The number of carbonyl (C=O) groups is 3. The first kappa shape index (κ1) is 29.3. The molecule has 0 atom stereocenters. The van der Waals surface area contributed by atoms with E-state index < -0.39 is 11.9 Å². The largest absolute Gasteiger partial charge is 0.497 e. The molecule has 0 radical (unpaired) electrons. The van der Waals surface area contributed by atoms with Gasteiger partial charge in [-0.3, -0.25) is 9.59 Å². The Labute approximate surface area is 242 Å². The average Bonchev–Trinajstić information content (AvgIpc) is 3.02. The summed E-state index contributed by atoms with van der Waals surface area (Å²) in [4.78, 5) is 37.9. The van der Waals surface area contributed by atoms with Crippen LogP contribution in [0.2, 0.25) is 0 Å². The summed E-state index contributed by atoms with van der Waals surface area (Å²) >= 11 is 0. The zero-order chi connectivity index (χ0) is 29.9. The number of anilines is 1. The highest BCUT2D eigenvalue weighted by Crippen LogP contribution is 2.29. The van der Waals surface area contributed by atoms with Gasteiger partial charge in [-0.05, 0) is 91.3 Å². The minimum atomic E-state index is -0.547. The van der Waals surface area contributed by atoms with Crippen molar-refractivity contribution < 1.29 is 33.3 Å². The van der Waals surface area contributed by atoms with Gasteiger partial charge in [0.05, 0.1) is 32.6 Å². The summed E-state index contributed by atoms with van der Waals surface area (Å²) in [6.45, 7) is 2.15. The fourth-order valence-corrected chi connectivity index (χ4v) is 3.78. The number of carbonyl (C=O) groups excluding carboxylic acids is 3. The molecule has 42 heavy (non-hydrogen) atoms. The van der Waals surface area contributed by atoms with Crippen LogP contribution in [0.4, 0.5) is 5.69 Å². The monoisotopic (exact) mass is 567 g/mol. The van der Waals surface area contributed by atoms with E-state index in [2.05, 4.69) is 15.8 Å². The van der Waals surface area contributed by atoms with Crippen LogP contribution in [-0.4, -0.2) is 44.8 Å². The second kappa shape index (κ2) is 14.1. The minimum absolute atomic E-state index is 0.242. The first-order valence-corrected chi connectivity index (χ1v) is 12.9. The van der Waals surface area contributed by atoms with E-state index >= 15 is 0 Å².